The minimum atomic E-state index is 0.494. The zero-order valence-electron chi connectivity index (χ0n) is 11.5. The van der Waals surface area contributed by atoms with Crippen molar-refractivity contribution >= 4 is 23.4 Å². The molecular formula is C17H20ClNS. The predicted molar refractivity (Wildman–Crippen MR) is 86.4 cm³/mol. The fourth-order valence-corrected chi connectivity index (χ4v) is 5.29. The maximum absolute atomic E-state index is 6.17. The van der Waals surface area contributed by atoms with Crippen LogP contribution in [0, 0.1) is 17.8 Å². The molecule has 1 N–H and O–H groups in total. The highest BCUT2D eigenvalue weighted by atomic mass is 35.5. The van der Waals surface area contributed by atoms with Gasteiger partial charge in [-0.3, -0.25) is 0 Å². The Morgan fingerprint density at radius 3 is 3.00 bits per heavy atom. The van der Waals surface area contributed by atoms with Crippen molar-refractivity contribution < 1.29 is 0 Å². The molecule has 1 aromatic rings. The number of fused-ring (bicyclic) bond motifs is 3. The normalized spacial score (nSPS) is 34.5. The van der Waals surface area contributed by atoms with E-state index in [9.17, 15) is 0 Å². The van der Waals surface area contributed by atoms with Crippen molar-refractivity contribution in [3.63, 3.8) is 0 Å². The molecule has 4 unspecified atom stereocenters. The van der Waals surface area contributed by atoms with Gasteiger partial charge in [-0.15, -0.1) is 11.8 Å². The number of rotatable bonds is 3. The molecule has 3 heteroatoms. The van der Waals surface area contributed by atoms with E-state index in [0.29, 0.717) is 6.04 Å². The number of hydrogen-bond donors (Lipinski definition) is 1. The van der Waals surface area contributed by atoms with Crippen molar-refractivity contribution in [1.29, 1.82) is 0 Å². The Hall–Kier alpha value is -0.440. The molecule has 1 nitrogen and oxygen atoms in total. The summed E-state index contributed by atoms with van der Waals surface area (Å²) in [4.78, 5) is 1.41. The van der Waals surface area contributed by atoms with Gasteiger partial charge < -0.3 is 5.32 Å². The van der Waals surface area contributed by atoms with Gasteiger partial charge in [-0.25, -0.2) is 0 Å². The van der Waals surface area contributed by atoms with Crippen LogP contribution in [-0.2, 0) is 0 Å². The van der Waals surface area contributed by atoms with Gasteiger partial charge in [0.15, 0.2) is 0 Å². The van der Waals surface area contributed by atoms with Crippen LogP contribution >= 0.6 is 23.4 Å². The zero-order valence-corrected chi connectivity index (χ0v) is 13.1. The Balaban J connectivity index is 1.45. The van der Waals surface area contributed by atoms with Crippen molar-refractivity contribution in [2.24, 2.45) is 17.8 Å². The van der Waals surface area contributed by atoms with Crippen LogP contribution < -0.4 is 5.32 Å². The van der Waals surface area contributed by atoms with Gasteiger partial charge in [-0.1, -0.05) is 23.8 Å². The van der Waals surface area contributed by atoms with Gasteiger partial charge in [-0.2, -0.15) is 0 Å². The standard InChI is InChI=1S/C17H20ClNS/c18-14-3-4-17-15(9-14)16(5-6-20-17)19-10-13-8-11-1-2-12(13)7-11/h1-4,9,11-13,16,19H,5-8,10H2. The summed E-state index contributed by atoms with van der Waals surface area (Å²) in [6, 6.07) is 6.84. The molecule has 0 amide bonds. The molecule has 1 saturated carbocycles. The van der Waals surface area contributed by atoms with Crippen molar-refractivity contribution in [3.8, 4) is 0 Å². The molecule has 20 heavy (non-hydrogen) atoms. The number of nitrogens with one attached hydrogen (secondary N) is 1. The SMILES string of the molecule is Clc1ccc2c(c1)C(NCC1CC3C=CC1C3)CCS2. The van der Waals surface area contributed by atoms with Crippen LogP contribution in [0.1, 0.15) is 30.9 Å². The van der Waals surface area contributed by atoms with Crippen molar-refractivity contribution in [2.75, 3.05) is 12.3 Å². The molecule has 2 bridgehead atoms. The van der Waals surface area contributed by atoms with E-state index in [4.69, 9.17) is 11.6 Å². The number of thioether (sulfide) groups is 1. The van der Waals surface area contributed by atoms with Crippen LogP contribution in [0.25, 0.3) is 0 Å². The second kappa shape index (κ2) is 5.40. The third-order valence-corrected chi connectivity index (χ3v) is 6.41. The molecule has 1 aliphatic heterocycles. The highest BCUT2D eigenvalue weighted by Gasteiger charge is 2.35. The van der Waals surface area contributed by atoms with Gasteiger partial charge in [0.1, 0.15) is 0 Å². The first kappa shape index (κ1) is 13.2. The Morgan fingerprint density at radius 1 is 1.25 bits per heavy atom. The number of halogens is 1. The lowest BCUT2D eigenvalue weighted by molar-refractivity contribution is 0.379. The summed E-state index contributed by atoms with van der Waals surface area (Å²) in [6.07, 6.45) is 8.87. The van der Waals surface area contributed by atoms with Crippen molar-refractivity contribution in [3.05, 3.63) is 40.9 Å². The predicted octanol–water partition coefficient (Wildman–Crippen LogP) is 4.68. The fraction of sp³-hybridized carbons (Fsp3) is 0.529. The highest BCUT2D eigenvalue weighted by Crippen LogP contribution is 2.44. The van der Waals surface area contributed by atoms with Crippen molar-refractivity contribution in [2.45, 2.75) is 30.2 Å². The van der Waals surface area contributed by atoms with E-state index >= 15 is 0 Å². The topological polar surface area (TPSA) is 12.0 Å². The molecule has 106 valence electrons. The van der Waals surface area contributed by atoms with Gasteiger partial charge in [-0.05, 0) is 73.1 Å². The first-order valence-electron chi connectivity index (χ1n) is 7.63. The van der Waals surface area contributed by atoms with E-state index in [-0.39, 0.29) is 0 Å². The van der Waals surface area contributed by atoms with Crippen LogP contribution in [-0.4, -0.2) is 12.3 Å². The third kappa shape index (κ3) is 2.43. The molecule has 0 spiro atoms. The van der Waals surface area contributed by atoms with E-state index in [1.807, 2.05) is 17.8 Å². The minimum Gasteiger partial charge on any atom is -0.310 e. The summed E-state index contributed by atoms with van der Waals surface area (Å²) in [5.41, 5.74) is 1.41. The molecule has 0 aromatic heterocycles. The van der Waals surface area contributed by atoms with E-state index < -0.39 is 0 Å². The summed E-state index contributed by atoms with van der Waals surface area (Å²) in [5.74, 6) is 3.77. The van der Waals surface area contributed by atoms with Crippen LogP contribution in [0.4, 0.5) is 0 Å². The molecule has 3 aliphatic rings. The Bertz CT molecular complexity index is 542. The van der Waals surface area contributed by atoms with E-state index in [1.54, 1.807) is 0 Å². The quantitative estimate of drug-likeness (QED) is 0.814. The van der Waals surface area contributed by atoms with Gasteiger partial charge in [0.2, 0.25) is 0 Å². The van der Waals surface area contributed by atoms with Crippen LogP contribution in [0.3, 0.4) is 0 Å². The lowest BCUT2D eigenvalue weighted by Gasteiger charge is -2.28. The molecule has 2 aliphatic carbocycles. The maximum Gasteiger partial charge on any atom is 0.0410 e. The van der Waals surface area contributed by atoms with Gasteiger partial charge in [0, 0.05) is 16.0 Å². The Labute approximate surface area is 130 Å². The zero-order chi connectivity index (χ0) is 13.5. The van der Waals surface area contributed by atoms with Crippen molar-refractivity contribution in [1.82, 2.24) is 5.32 Å². The number of benzene rings is 1. The summed E-state index contributed by atoms with van der Waals surface area (Å²) in [6.45, 7) is 1.16. The molecule has 1 aromatic carbocycles. The lowest BCUT2D eigenvalue weighted by Crippen LogP contribution is -2.31. The Kier molecular flexibility index (Phi) is 3.57. The maximum atomic E-state index is 6.17. The molecule has 4 atom stereocenters. The van der Waals surface area contributed by atoms with E-state index in [2.05, 4.69) is 29.6 Å². The molecular weight excluding hydrogens is 286 g/mol. The molecule has 4 rings (SSSR count). The summed E-state index contributed by atoms with van der Waals surface area (Å²) < 4.78 is 0. The highest BCUT2D eigenvalue weighted by molar-refractivity contribution is 7.99. The van der Waals surface area contributed by atoms with Crippen LogP contribution in [0.15, 0.2) is 35.2 Å². The molecule has 1 fully saturated rings. The van der Waals surface area contributed by atoms with E-state index in [1.165, 1.54) is 35.5 Å². The average Bonchev–Trinajstić information content (AvgIpc) is 3.07. The number of hydrogen-bond acceptors (Lipinski definition) is 2. The van der Waals surface area contributed by atoms with Crippen LogP contribution in [0.2, 0.25) is 5.02 Å². The van der Waals surface area contributed by atoms with Crippen LogP contribution in [0.5, 0.6) is 0 Å². The smallest absolute Gasteiger partial charge is 0.0410 e. The van der Waals surface area contributed by atoms with Gasteiger partial charge >= 0.3 is 0 Å². The molecule has 0 radical (unpaired) electrons. The summed E-state index contributed by atoms with van der Waals surface area (Å²) >= 11 is 8.14. The van der Waals surface area contributed by atoms with E-state index in [0.717, 1.165) is 29.3 Å². The third-order valence-electron chi connectivity index (χ3n) is 5.05. The second-order valence-electron chi connectivity index (χ2n) is 6.32. The average molecular weight is 306 g/mol. The minimum absolute atomic E-state index is 0.494. The lowest BCUT2D eigenvalue weighted by atomic mass is 9.93. The first-order valence-corrected chi connectivity index (χ1v) is 9.00. The first-order chi connectivity index (χ1) is 9.79. The number of allylic oxidation sites excluding steroid dienone is 2. The van der Waals surface area contributed by atoms with Gasteiger partial charge in [0.25, 0.3) is 0 Å². The monoisotopic (exact) mass is 305 g/mol. The molecule has 1 heterocycles. The summed E-state index contributed by atoms with van der Waals surface area (Å²) in [7, 11) is 0. The van der Waals surface area contributed by atoms with Gasteiger partial charge in [0.05, 0.1) is 0 Å². The largest absolute Gasteiger partial charge is 0.310 e. The fourth-order valence-electron chi connectivity index (χ4n) is 4.00. The summed E-state index contributed by atoms with van der Waals surface area (Å²) in [5, 5.41) is 4.69. The molecule has 0 saturated heterocycles. The Morgan fingerprint density at radius 2 is 2.20 bits per heavy atom. The second-order valence-corrected chi connectivity index (χ2v) is 7.89.